The van der Waals surface area contributed by atoms with Crippen LogP contribution in [0, 0.1) is 5.92 Å². The van der Waals surface area contributed by atoms with Crippen LogP contribution in [0.1, 0.15) is 0 Å². The number of imide groups is 1. The highest BCUT2D eigenvalue weighted by molar-refractivity contribution is 7.88. The van der Waals surface area contributed by atoms with Crippen molar-refractivity contribution in [1.82, 2.24) is 14.1 Å². The van der Waals surface area contributed by atoms with Gasteiger partial charge in [0.25, 0.3) is 0 Å². The summed E-state index contributed by atoms with van der Waals surface area (Å²) >= 11 is 0. The van der Waals surface area contributed by atoms with Crippen LogP contribution in [0.5, 0.6) is 0 Å². The van der Waals surface area contributed by atoms with E-state index in [0.29, 0.717) is 0 Å². The Kier molecular flexibility index (Phi) is 4.10. The Balaban J connectivity index is 2.04. The van der Waals surface area contributed by atoms with Gasteiger partial charge in [-0.3, -0.25) is 14.5 Å². The van der Waals surface area contributed by atoms with Gasteiger partial charge in [0, 0.05) is 39.4 Å². The van der Waals surface area contributed by atoms with Gasteiger partial charge in [-0.2, -0.15) is 4.31 Å². The molecule has 0 aromatic rings. The number of aliphatic imine (C=N–C) groups is 1. The van der Waals surface area contributed by atoms with Crippen LogP contribution in [0.4, 0.5) is 4.79 Å². The molecular formula is C11H16N4O5S. The molecule has 0 aliphatic carbocycles. The molecule has 0 aromatic heterocycles. The molecule has 2 rings (SSSR count). The second-order valence-electron chi connectivity index (χ2n) is 4.92. The van der Waals surface area contributed by atoms with Gasteiger partial charge >= 0.3 is 6.03 Å². The molecule has 9 nitrogen and oxygen atoms in total. The minimum Gasteiger partial charge on any atom is -0.339 e. The normalized spacial score (nSPS) is 24.6. The third-order valence-corrected chi connectivity index (χ3v) is 4.81. The molecule has 0 aromatic carbocycles. The summed E-state index contributed by atoms with van der Waals surface area (Å²) in [5.74, 6) is -2.20. The first-order valence-electron chi connectivity index (χ1n) is 6.31. The largest absolute Gasteiger partial charge is 0.349 e. The Morgan fingerprint density at radius 3 is 2.33 bits per heavy atom. The number of carbonyl (C=O) groups excluding carboxylic acids is 3. The van der Waals surface area contributed by atoms with E-state index in [1.54, 1.807) is 0 Å². The Bertz CT molecular complexity index is 606. The summed E-state index contributed by atoms with van der Waals surface area (Å²) in [4.78, 5) is 41.1. The lowest BCUT2D eigenvalue weighted by Crippen LogP contribution is -2.55. The van der Waals surface area contributed by atoms with Gasteiger partial charge in [-0.05, 0) is 0 Å². The molecule has 0 spiro atoms. The van der Waals surface area contributed by atoms with Crippen LogP contribution in [0.15, 0.2) is 4.99 Å². The molecule has 10 heteroatoms. The first kappa shape index (κ1) is 15.6. The third kappa shape index (κ3) is 3.10. The lowest BCUT2D eigenvalue weighted by atomic mass is 10.1. The van der Waals surface area contributed by atoms with Gasteiger partial charge in [0.2, 0.25) is 21.8 Å². The molecule has 4 amide bonds. The summed E-state index contributed by atoms with van der Waals surface area (Å²) in [7, 11) is -2.01. The molecule has 2 aliphatic rings. The van der Waals surface area contributed by atoms with E-state index < -0.39 is 33.8 Å². The summed E-state index contributed by atoms with van der Waals surface area (Å²) < 4.78 is 24.1. The molecule has 1 atom stereocenters. The molecular weight excluding hydrogens is 300 g/mol. The van der Waals surface area contributed by atoms with Crippen LogP contribution in [-0.2, 0) is 19.6 Å². The van der Waals surface area contributed by atoms with Crippen molar-refractivity contribution in [3.05, 3.63) is 0 Å². The summed E-state index contributed by atoms with van der Waals surface area (Å²) in [6.45, 7) is 0.803. The number of hydrogen-bond donors (Lipinski definition) is 0. The van der Waals surface area contributed by atoms with E-state index in [0.717, 1.165) is 17.4 Å². The van der Waals surface area contributed by atoms with E-state index in [1.807, 2.05) is 0 Å². The molecule has 0 radical (unpaired) electrons. The van der Waals surface area contributed by atoms with Crippen molar-refractivity contribution in [3.63, 3.8) is 0 Å². The van der Waals surface area contributed by atoms with E-state index in [2.05, 4.69) is 4.99 Å². The Labute approximate surface area is 122 Å². The van der Waals surface area contributed by atoms with Crippen molar-refractivity contribution in [2.24, 2.45) is 10.9 Å². The molecule has 0 N–H and O–H groups in total. The number of piperazine rings is 1. The maximum atomic E-state index is 12.3. The quantitative estimate of drug-likeness (QED) is 0.568. The molecule has 0 saturated carbocycles. The van der Waals surface area contributed by atoms with Crippen LogP contribution >= 0.6 is 0 Å². The van der Waals surface area contributed by atoms with Gasteiger partial charge in [0.05, 0.1) is 6.26 Å². The van der Waals surface area contributed by atoms with Crippen molar-refractivity contribution in [3.8, 4) is 0 Å². The number of urea groups is 1. The lowest BCUT2D eigenvalue weighted by Gasteiger charge is -2.35. The first-order valence-corrected chi connectivity index (χ1v) is 8.16. The van der Waals surface area contributed by atoms with E-state index in [1.165, 1.54) is 16.3 Å². The van der Waals surface area contributed by atoms with Crippen LogP contribution < -0.4 is 0 Å². The smallest absolute Gasteiger partial charge is 0.339 e. The highest BCUT2D eigenvalue weighted by Crippen LogP contribution is 2.14. The van der Waals surface area contributed by atoms with E-state index in [-0.39, 0.29) is 26.2 Å². The van der Waals surface area contributed by atoms with Gasteiger partial charge in [-0.1, -0.05) is 0 Å². The molecule has 1 unspecified atom stereocenters. The number of hydrogen-bond acceptors (Lipinski definition) is 5. The molecule has 2 aliphatic heterocycles. The summed E-state index contributed by atoms with van der Waals surface area (Å²) in [6, 6.07) is -0.703. The zero-order valence-corrected chi connectivity index (χ0v) is 12.5. The standard InChI is InChI=1S/C11H16N4O5S/c1-13-9(16)8(7-12-11(13)18)10(17)14-3-5-15(6-4-14)21(2,19)20/h7-8H,3-6H2,1-2H3. The molecule has 21 heavy (non-hydrogen) atoms. The second-order valence-corrected chi connectivity index (χ2v) is 6.91. The van der Waals surface area contributed by atoms with Crippen LogP contribution in [0.2, 0.25) is 0 Å². The highest BCUT2D eigenvalue weighted by Gasteiger charge is 2.38. The lowest BCUT2D eigenvalue weighted by molar-refractivity contribution is -0.142. The minimum atomic E-state index is -3.28. The fourth-order valence-electron chi connectivity index (χ4n) is 2.20. The van der Waals surface area contributed by atoms with E-state index in [9.17, 15) is 22.8 Å². The molecule has 2 heterocycles. The van der Waals surface area contributed by atoms with Gasteiger partial charge in [0.1, 0.15) is 0 Å². The molecule has 0 bridgehead atoms. The highest BCUT2D eigenvalue weighted by atomic mass is 32.2. The molecule has 116 valence electrons. The van der Waals surface area contributed by atoms with Crippen molar-refractivity contribution in [2.45, 2.75) is 0 Å². The number of carbonyl (C=O) groups is 3. The zero-order valence-electron chi connectivity index (χ0n) is 11.7. The monoisotopic (exact) mass is 316 g/mol. The van der Waals surface area contributed by atoms with Crippen molar-refractivity contribution in [1.29, 1.82) is 0 Å². The van der Waals surface area contributed by atoms with Crippen LogP contribution in [0.3, 0.4) is 0 Å². The maximum Gasteiger partial charge on any atom is 0.349 e. The average Bonchev–Trinajstić information content (AvgIpc) is 2.43. The van der Waals surface area contributed by atoms with Gasteiger partial charge in [-0.25, -0.2) is 18.2 Å². The fourth-order valence-corrected chi connectivity index (χ4v) is 3.02. The second kappa shape index (κ2) is 5.53. The van der Waals surface area contributed by atoms with E-state index >= 15 is 0 Å². The fraction of sp³-hybridized carbons (Fsp3) is 0.636. The number of amides is 4. The predicted octanol–water partition coefficient (Wildman–Crippen LogP) is -1.63. The molecule has 1 saturated heterocycles. The topological polar surface area (TPSA) is 107 Å². The van der Waals surface area contributed by atoms with Gasteiger partial charge in [-0.15, -0.1) is 0 Å². The molecule has 1 fully saturated rings. The van der Waals surface area contributed by atoms with Crippen LogP contribution in [0.25, 0.3) is 0 Å². The van der Waals surface area contributed by atoms with Gasteiger partial charge in [0.15, 0.2) is 5.92 Å². The summed E-state index contributed by atoms with van der Waals surface area (Å²) in [5.41, 5.74) is 0. The maximum absolute atomic E-state index is 12.3. The van der Waals surface area contributed by atoms with Gasteiger partial charge < -0.3 is 4.90 Å². The number of rotatable bonds is 2. The van der Waals surface area contributed by atoms with Crippen molar-refractivity contribution in [2.75, 3.05) is 39.5 Å². The van der Waals surface area contributed by atoms with Crippen LogP contribution in [-0.4, -0.2) is 86.1 Å². The average molecular weight is 316 g/mol. The number of nitrogens with zero attached hydrogens (tertiary/aromatic N) is 4. The van der Waals surface area contributed by atoms with E-state index in [4.69, 9.17) is 0 Å². The Morgan fingerprint density at radius 1 is 1.24 bits per heavy atom. The number of sulfonamides is 1. The first-order chi connectivity index (χ1) is 9.71. The Morgan fingerprint density at radius 2 is 1.81 bits per heavy atom. The predicted molar refractivity (Wildman–Crippen MR) is 73.1 cm³/mol. The van der Waals surface area contributed by atoms with Crippen molar-refractivity contribution < 1.29 is 22.8 Å². The summed E-state index contributed by atoms with van der Waals surface area (Å²) in [5, 5.41) is 0. The SMILES string of the molecule is CN1C(=O)N=CC(C(=O)N2CCN(S(C)(=O)=O)CC2)C1=O. The summed E-state index contributed by atoms with van der Waals surface area (Å²) in [6.07, 6.45) is 2.16. The van der Waals surface area contributed by atoms with Crippen molar-refractivity contribution >= 4 is 34.1 Å². The third-order valence-electron chi connectivity index (χ3n) is 3.50. The minimum absolute atomic E-state index is 0.192. The Hall–Kier alpha value is -1.81. The zero-order chi connectivity index (χ0) is 15.8.